The largest absolute Gasteiger partial charge is 0.278 e. The van der Waals surface area contributed by atoms with Crippen LogP contribution in [-0.2, 0) is 10.0 Å². The van der Waals surface area contributed by atoms with Crippen LogP contribution in [0, 0.1) is 0 Å². The van der Waals surface area contributed by atoms with Crippen LogP contribution in [0.3, 0.4) is 0 Å². The molecule has 0 saturated heterocycles. The van der Waals surface area contributed by atoms with Gasteiger partial charge in [0, 0.05) is 17.3 Å². The molecule has 1 aromatic heterocycles. The third-order valence-electron chi connectivity index (χ3n) is 2.94. The van der Waals surface area contributed by atoms with Crippen LogP contribution < -0.4 is 4.72 Å². The lowest BCUT2D eigenvalue weighted by atomic mass is 10.3. The zero-order valence-corrected chi connectivity index (χ0v) is 13.6. The van der Waals surface area contributed by atoms with Crippen molar-refractivity contribution in [2.75, 3.05) is 4.72 Å². The summed E-state index contributed by atoms with van der Waals surface area (Å²) in [5.74, 6) is 0. The molecule has 7 heteroatoms. The Hall–Kier alpha value is -2.38. The zero-order valence-electron chi connectivity index (χ0n) is 12.0. The Morgan fingerprint density at radius 2 is 1.65 bits per heavy atom. The monoisotopic (exact) mass is 343 g/mol. The van der Waals surface area contributed by atoms with Gasteiger partial charge in [-0.3, -0.25) is 9.71 Å². The predicted molar refractivity (Wildman–Crippen MR) is 89.8 cm³/mol. The highest BCUT2D eigenvalue weighted by atomic mass is 32.2. The average Bonchev–Trinajstić information content (AvgIpc) is 2.58. The number of hydrogen-bond donors (Lipinski definition) is 1. The fourth-order valence-corrected chi connectivity index (χ4v) is 3.89. The second kappa shape index (κ2) is 6.80. The summed E-state index contributed by atoms with van der Waals surface area (Å²) in [5.41, 5.74) is 0.506. The number of para-hydroxylation sites is 1. The second-order valence-electron chi connectivity index (χ2n) is 4.56. The first-order chi connectivity index (χ1) is 11.1. The van der Waals surface area contributed by atoms with Gasteiger partial charge in [-0.25, -0.2) is 13.4 Å². The summed E-state index contributed by atoms with van der Waals surface area (Å²) in [6.45, 7) is 0. The summed E-state index contributed by atoms with van der Waals surface area (Å²) >= 11 is 1.35. The molecule has 1 heterocycles. The molecule has 0 bridgehead atoms. The number of aromatic nitrogens is 2. The van der Waals surface area contributed by atoms with E-state index in [1.165, 1.54) is 11.8 Å². The van der Waals surface area contributed by atoms with Gasteiger partial charge in [0.05, 0.1) is 16.8 Å². The Morgan fingerprint density at radius 1 is 0.913 bits per heavy atom. The van der Waals surface area contributed by atoms with Crippen molar-refractivity contribution < 1.29 is 8.42 Å². The fourth-order valence-electron chi connectivity index (χ4n) is 1.89. The first kappa shape index (κ1) is 15.5. The molecule has 0 atom stereocenters. The standard InChI is InChI=1S/C16H13N3O2S2/c20-23(21,13-6-2-1-3-7-13)19-14-8-4-5-9-15(14)22-16-12-17-10-11-18-16/h1-12,19H. The molecule has 0 amide bonds. The van der Waals surface area contributed by atoms with E-state index in [9.17, 15) is 8.42 Å². The fraction of sp³-hybridized carbons (Fsp3) is 0. The van der Waals surface area contributed by atoms with Gasteiger partial charge in [-0.2, -0.15) is 0 Å². The van der Waals surface area contributed by atoms with Crippen molar-refractivity contribution in [1.82, 2.24) is 9.97 Å². The number of nitrogens with one attached hydrogen (secondary N) is 1. The molecule has 0 aliphatic carbocycles. The normalized spacial score (nSPS) is 11.1. The highest BCUT2D eigenvalue weighted by Crippen LogP contribution is 2.32. The van der Waals surface area contributed by atoms with Gasteiger partial charge in [0.25, 0.3) is 10.0 Å². The number of sulfonamides is 1. The Kier molecular flexibility index (Phi) is 4.59. The Bertz CT molecular complexity index is 885. The molecule has 0 aliphatic heterocycles. The van der Waals surface area contributed by atoms with Crippen LogP contribution in [0.2, 0.25) is 0 Å². The van der Waals surface area contributed by atoms with E-state index in [0.29, 0.717) is 10.7 Å². The van der Waals surface area contributed by atoms with E-state index in [1.807, 2.05) is 12.1 Å². The van der Waals surface area contributed by atoms with E-state index < -0.39 is 10.0 Å². The molecule has 116 valence electrons. The lowest BCUT2D eigenvalue weighted by Crippen LogP contribution is -2.13. The molecule has 0 aliphatic rings. The van der Waals surface area contributed by atoms with Gasteiger partial charge in [-0.1, -0.05) is 42.1 Å². The van der Waals surface area contributed by atoms with Crippen LogP contribution >= 0.6 is 11.8 Å². The Morgan fingerprint density at radius 3 is 2.39 bits per heavy atom. The van der Waals surface area contributed by atoms with E-state index in [1.54, 1.807) is 61.1 Å². The quantitative estimate of drug-likeness (QED) is 0.768. The molecule has 2 aromatic carbocycles. The maximum Gasteiger partial charge on any atom is 0.261 e. The molecular weight excluding hydrogens is 330 g/mol. The summed E-state index contributed by atoms with van der Waals surface area (Å²) < 4.78 is 27.5. The average molecular weight is 343 g/mol. The van der Waals surface area contributed by atoms with Crippen LogP contribution in [0.5, 0.6) is 0 Å². The van der Waals surface area contributed by atoms with Crippen molar-refractivity contribution in [3.8, 4) is 0 Å². The van der Waals surface area contributed by atoms with E-state index in [0.717, 1.165) is 4.90 Å². The SMILES string of the molecule is O=S(=O)(Nc1ccccc1Sc1cnccn1)c1ccccc1. The van der Waals surface area contributed by atoms with Gasteiger partial charge in [0.2, 0.25) is 0 Å². The maximum atomic E-state index is 12.5. The third-order valence-corrected chi connectivity index (χ3v) is 5.32. The maximum absolute atomic E-state index is 12.5. The number of hydrogen-bond acceptors (Lipinski definition) is 5. The van der Waals surface area contributed by atoms with E-state index in [4.69, 9.17) is 0 Å². The van der Waals surface area contributed by atoms with Gasteiger partial charge in [-0.15, -0.1) is 0 Å². The molecule has 0 unspecified atom stereocenters. The molecular formula is C16H13N3O2S2. The summed E-state index contributed by atoms with van der Waals surface area (Å²) in [6, 6.07) is 15.5. The highest BCUT2D eigenvalue weighted by molar-refractivity contribution is 7.99. The molecule has 0 saturated carbocycles. The van der Waals surface area contributed by atoms with Gasteiger partial charge >= 0.3 is 0 Å². The van der Waals surface area contributed by atoms with Gasteiger partial charge in [-0.05, 0) is 24.3 Å². The smallest absolute Gasteiger partial charge is 0.261 e. The summed E-state index contributed by atoms with van der Waals surface area (Å²) in [4.78, 5) is 9.18. The van der Waals surface area contributed by atoms with E-state index >= 15 is 0 Å². The van der Waals surface area contributed by atoms with Crippen molar-refractivity contribution in [2.45, 2.75) is 14.8 Å². The second-order valence-corrected chi connectivity index (χ2v) is 7.31. The summed E-state index contributed by atoms with van der Waals surface area (Å²) in [6.07, 6.45) is 4.82. The summed E-state index contributed by atoms with van der Waals surface area (Å²) in [7, 11) is -3.63. The zero-order chi connectivity index (χ0) is 16.1. The predicted octanol–water partition coefficient (Wildman–Crippen LogP) is 3.43. The summed E-state index contributed by atoms with van der Waals surface area (Å²) in [5, 5.41) is 0.693. The minimum absolute atomic E-state index is 0.222. The van der Waals surface area contributed by atoms with Crippen LogP contribution in [0.4, 0.5) is 5.69 Å². The minimum Gasteiger partial charge on any atom is -0.278 e. The lowest BCUT2D eigenvalue weighted by molar-refractivity contribution is 0.601. The Balaban J connectivity index is 1.89. The lowest BCUT2D eigenvalue weighted by Gasteiger charge is -2.11. The minimum atomic E-state index is -3.63. The van der Waals surface area contributed by atoms with Crippen LogP contribution in [0.15, 0.2) is 88.0 Å². The van der Waals surface area contributed by atoms with Gasteiger partial charge in [0.1, 0.15) is 5.03 Å². The van der Waals surface area contributed by atoms with Crippen molar-refractivity contribution in [3.63, 3.8) is 0 Å². The number of benzene rings is 2. The van der Waals surface area contributed by atoms with Crippen molar-refractivity contribution in [2.24, 2.45) is 0 Å². The molecule has 0 fully saturated rings. The molecule has 0 spiro atoms. The van der Waals surface area contributed by atoms with Crippen LogP contribution in [0.1, 0.15) is 0 Å². The number of nitrogens with zero attached hydrogens (tertiary/aromatic N) is 2. The molecule has 5 nitrogen and oxygen atoms in total. The third kappa shape index (κ3) is 3.88. The van der Waals surface area contributed by atoms with Gasteiger partial charge < -0.3 is 0 Å². The van der Waals surface area contributed by atoms with E-state index in [2.05, 4.69) is 14.7 Å². The molecule has 23 heavy (non-hydrogen) atoms. The van der Waals surface area contributed by atoms with Gasteiger partial charge in [0.15, 0.2) is 0 Å². The first-order valence-electron chi connectivity index (χ1n) is 6.76. The number of anilines is 1. The topological polar surface area (TPSA) is 72.0 Å². The molecule has 3 aromatic rings. The Labute approximate surface area is 138 Å². The van der Waals surface area contributed by atoms with Crippen LogP contribution in [-0.4, -0.2) is 18.4 Å². The van der Waals surface area contributed by atoms with Crippen molar-refractivity contribution in [1.29, 1.82) is 0 Å². The van der Waals surface area contributed by atoms with Crippen molar-refractivity contribution in [3.05, 3.63) is 73.2 Å². The first-order valence-corrected chi connectivity index (χ1v) is 9.06. The highest BCUT2D eigenvalue weighted by Gasteiger charge is 2.15. The van der Waals surface area contributed by atoms with Crippen LogP contribution in [0.25, 0.3) is 0 Å². The van der Waals surface area contributed by atoms with Crippen molar-refractivity contribution >= 4 is 27.5 Å². The van der Waals surface area contributed by atoms with E-state index in [-0.39, 0.29) is 4.90 Å². The molecule has 1 N–H and O–H groups in total. The molecule has 3 rings (SSSR count). The number of rotatable bonds is 5. The molecule has 0 radical (unpaired) electrons.